The average molecular weight is 300 g/mol. The average Bonchev–Trinajstić information content (AvgIpc) is 2.58. The number of hydrogen-bond acceptors (Lipinski definition) is 4. The number of aliphatic hydroxyl groups is 1. The second kappa shape index (κ2) is 9.95. The Morgan fingerprint density at radius 1 is 0.864 bits per heavy atom. The minimum absolute atomic E-state index is 0.300. The number of ether oxygens (including phenoxy) is 1. The van der Waals surface area contributed by atoms with E-state index in [0.29, 0.717) is 13.2 Å². The van der Waals surface area contributed by atoms with E-state index in [1.54, 1.807) is 0 Å². The van der Waals surface area contributed by atoms with Gasteiger partial charge < -0.3 is 20.5 Å². The summed E-state index contributed by atoms with van der Waals surface area (Å²) in [5.74, 6) is 0.783. The number of hydrogen-bond donors (Lipinski definition) is 3. The summed E-state index contributed by atoms with van der Waals surface area (Å²) in [5, 5.41) is 16.4. The molecule has 0 unspecified atom stereocenters. The summed E-state index contributed by atoms with van der Waals surface area (Å²) in [6.45, 7) is 3.37. The molecule has 1 atom stereocenters. The first-order chi connectivity index (χ1) is 10.8. The summed E-state index contributed by atoms with van der Waals surface area (Å²) < 4.78 is 5.50. The lowest BCUT2D eigenvalue weighted by Gasteiger charge is -2.13. The van der Waals surface area contributed by atoms with Crippen LogP contribution in [0.5, 0.6) is 5.75 Å². The predicted molar refractivity (Wildman–Crippen MR) is 89.0 cm³/mol. The van der Waals surface area contributed by atoms with Crippen LogP contribution in [0.2, 0.25) is 0 Å². The highest BCUT2D eigenvalue weighted by Gasteiger charge is 2.04. The zero-order valence-corrected chi connectivity index (χ0v) is 12.7. The largest absolute Gasteiger partial charge is 0.491 e. The first-order valence-corrected chi connectivity index (χ1v) is 7.66. The molecule has 0 aliphatic heterocycles. The van der Waals surface area contributed by atoms with Crippen LogP contribution >= 0.6 is 0 Å². The number of benzene rings is 2. The van der Waals surface area contributed by atoms with E-state index in [9.17, 15) is 5.11 Å². The van der Waals surface area contributed by atoms with Crippen LogP contribution in [0.4, 0.5) is 0 Å². The van der Waals surface area contributed by atoms with Crippen LogP contribution in [0.15, 0.2) is 60.7 Å². The summed E-state index contributed by atoms with van der Waals surface area (Å²) >= 11 is 0. The molecule has 2 rings (SSSR count). The molecule has 0 aromatic heterocycles. The zero-order chi connectivity index (χ0) is 15.5. The molecule has 0 spiro atoms. The maximum absolute atomic E-state index is 9.84. The molecule has 0 aliphatic carbocycles. The molecule has 0 heterocycles. The van der Waals surface area contributed by atoms with Crippen molar-refractivity contribution in [3.05, 3.63) is 66.2 Å². The van der Waals surface area contributed by atoms with Crippen molar-refractivity contribution in [2.45, 2.75) is 12.6 Å². The van der Waals surface area contributed by atoms with E-state index in [1.165, 1.54) is 5.56 Å². The van der Waals surface area contributed by atoms with Crippen LogP contribution in [0.1, 0.15) is 5.56 Å². The highest BCUT2D eigenvalue weighted by Crippen LogP contribution is 2.08. The van der Waals surface area contributed by atoms with Crippen LogP contribution in [0.3, 0.4) is 0 Å². The van der Waals surface area contributed by atoms with Crippen LogP contribution in [-0.4, -0.2) is 37.5 Å². The first-order valence-electron chi connectivity index (χ1n) is 7.66. The topological polar surface area (TPSA) is 53.5 Å². The van der Waals surface area contributed by atoms with Gasteiger partial charge in [0.05, 0.1) is 0 Å². The maximum Gasteiger partial charge on any atom is 0.119 e. The minimum Gasteiger partial charge on any atom is -0.491 e. The van der Waals surface area contributed by atoms with Crippen molar-refractivity contribution in [2.75, 3.05) is 26.2 Å². The summed E-state index contributed by atoms with van der Waals surface area (Å²) in [7, 11) is 0. The molecule has 3 N–H and O–H groups in total. The third-order valence-corrected chi connectivity index (χ3v) is 3.22. The molecule has 22 heavy (non-hydrogen) atoms. The molecule has 0 radical (unpaired) electrons. The lowest BCUT2D eigenvalue weighted by molar-refractivity contribution is 0.106. The fourth-order valence-electron chi connectivity index (χ4n) is 2.04. The Labute approximate surface area is 132 Å². The Morgan fingerprint density at radius 3 is 2.23 bits per heavy atom. The van der Waals surface area contributed by atoms with Crippen molar-refractivity contribution in [1.82, 2.24) is 10.6 Å². The van der Waals surface area contributed by atoms with Gasteiger partial charge >= 0.3 is 0 Å². The molecule has 118 valence electrons. The van der Waals surface area contributed by atoms with Crippen molar-refractivity contribution < 1.29 is 9.84 Å². The molecule has 0 amide bonds. The van der Waals surface area contributed by atoms with E-state index in [2.05, 4.69) is 22.8 Å². The molecule has 0 aliphatic rings. The Morgan fingerprint density at radius 2 is 1.50 bits per heavy atom. The minimum atomic E-state index is -0.505. The second-order valence-corrected chi connectivity index (χ2v) is 5.14. The zero-order valence-electron chi connectivity index (χ0n) is 12.7. The quantitative estimate of drug-likeness (QED) is 0.586. The normalized spacial score (nSPS) is 12.0. The number of nitrogens with one attached hydrogen (secondary N) is 2. The van der Waals surface area contributed by atoms with Crippen molar-refractivity contribution in [3.8, 4) is 5.75 Å². The number of aliphatic hydroxyl groups excluding tert-OH is 1. The fourth-order valence-corrected chi connectivity index (χ4v) is 2.04. The lowest BCUT2D eigenvalue weighted by atomic mass is 10.2. The highest BCUT2D eigenvalue weighted by molar-refractivity contribution is 5.20. The smallest absolute Gasteiger partial charge is 0.119 e. The van der Waals surface area contributed by atoms with Gasteiger partial charge in [0.1, 0.15) is 18.5 Å². The van der Waals surface area contributed by atoms with E-state index >= 15 is 0 Å². The van der Waals surface area contributed by atoms with Gasteiger partial charge in [0.2, 0.25) is 0 Å². The van der Waals surface area contributed by atoms with Crippen molar-refractivity contribution in [1.29, 1.82) is 0 Å². The number of para-hydroxylation sites is 1. The second-order valence-electron chi connectivity index (χ2n) is 5.14. The molecule has 2 aromatic carbocycles. The van der Waals surface area contributed by atoms with Crippen LogP contribution in [0, 0.1) is 0 Å². The van der Waals surface area contributed by atoms with Crippen molar-refractivity contribution in [3.63, 3.8) is 0 Å². The Hall–Kier alpha value is -1.88. The van der Waals surface area contributed by atoms with Gasteiger partial charge in [-0.3, -0.25) is 0 Å². The standard InChI is InChI=1S/C18H24N2O2/c21-17(15-22-18-9-5-2-6-10-18)14-20-12-11-19-13-16-7-3-1-4-8-16/h1-10,17,19-21H,11-15H2/t17-/m1/s1. The molecule has 0 saturated heterocycles. The molecule has 0 fully saturated rings. The van der Waals surface area contributed by atoms with Gasteiger partial charge in [-0.05, 0) is 17.7 Å². The molecule has 4 nitrogen and oxygen atoms in total. The molecule has 0 bridgehead atoms. The third kappa shape index (κ3) is 6.72. The summed E-state index contributed by atoms with van der Waals surface area (Å²) in [6.07, 6.45) is -0.505. The molecule has 0 saturated carbocycles. The SMILES string of the molecule is O[C@H](CNCCNCc1ccccc1)COc1ccccc1. The summed E-state index contributed by atoms with van der Waals surface area (Å²) in [6, 6.07) is 19.8. The van der Waals surface area contributed by atoms with Crippen LogP contribution < -0.4 is 15.4 Å². The third-order valence-electron chi connectivity index (χ3n) is 3.22. The van der Waals surface area contributed by atoms with Gasteiger partial charge in [0.25, 0.3) is 0 Å². The van der Waals surface area contributed by atoms with Gasteiger partial charge in [-0.25, -0.2) is 0 Å². The van der Waals surface area contributed by atoms with E-state index in [0.717, 1.165) is 25.4 Å². The van der Waals surface area contributed by atoms with E-state index in [4.69, 9.17) is 4.74 Å². The molecule has 2 aromatic rings. The van der Waals surface area contributed by atoms with E-state index < -0.39 is 6.10 Å². The first kappa shape index (κ1) is 16.5. The highest BCUT2D eigenvalue weighted by atomic mass is 16.5. The molecular formula is C18H24N2O2. The Balaban J connectivity index is 1.48. The maximum atomic E-state index is 9.84. The van der Waals surface area contributed by atoms with E-state index in [-0.39, 0.29) is 0 Å². The van der Waals surface area contributed by atoms with Gasteiger partial charge in [-0.15, -0.1) is 0 Å². The van der Waals surface area contributed by atoms with Crippen molar-refractivity contribution in [2.24, 2.45) is 0 Å². The number of rotatable bonds is 10. The van der Waals surface area contributed by atoms with E-state index in [1.807, 2.05) is 48.5 Å². The van der Waals surface area contributed by atoms with Gasteiger partial charge in [-0.2, -0.15) is 0 Å². The fraction of sp³-hybridized carbons (Fsp3) is 0.333. The van der Waals surface area contributed by atoms with Gasteiger partial charge in [0.15, 0.2) is 0 Å². The van der Waals surface area contributed by atoms with Gasteiger partial charge in [0, 0.05) is 26.2 Å². The molecular weight excluding hydrogens is 276 g/mol. The molecule has 4 heteroatoms. The summed E-state index contributed by atoms with van der Waals surface area (Å²) in [4.78, 5) is 0. The van der Waals surface area contributed by atoms with Crippen LogP contribution in [-0.2, 0) is 6.54 Å². The lowest BCUT2D eigenvalue weighted by Crippen LogP contribution is -2.35. The summed E-state index contributed by atoms with van der Waals surface area (Å²) in [5.41, 5.74) is 1.28. The monoisotopic (exact) mass is 300 g/mol. The van der Waals surface area contributed by atoms with Gasteiger partial charge in [-0.1, -0.05) is 48.5 Å². The van der Waals surface area contributed by atoms with Crippen molar-refractivity contribution >= 4 is 0 Å². The predicted octanol–water partition coefficient (Wildman–Crippen LogP) is 1.81. The Bertz CT molecular complexity index is 505. The van der Waals surface area contributed by atoms with Crippen LogP contribution in [0.25, 0.3) is 0 Å². The Kier molecular flexibility index (Phi) is 7.46.